The van der Waals surface area contributed by atoms with Gasteiger partial charge >= 0.3 is 12.0 Å². The maximum absolute atomic E-state index is 11.1. The van der Waals surface area contributed by atoms with Gasteiger partial charge in [0.05, 0.1) is 6.61 Å². The van der Waals surface area contributed by atoms with E-state index in [0.717, 1.165) is 0 Å². The standard InChI is InChI=1S/C9H13ClN2O4/c10-5-7(13)16-4-2-1-3-6-8(14)12-9(15)11-6/h6H,1-5H2,(H2,11,12,14,15). The molecule has 1 heterocycles. The summed E-state index contributed by atoms with van der Waals surface area (Å²) in [6, 6.07) is -0.917. The van der Waals surface area contributed by atoms with Crippen molar-refractivity contribution >= 4 is 29.5 Å². The predicted molar refractivity (Wildman–Crippen MR) is 56.0 cm³/mol. The number of alkyl halides is 1. The molecule has 2 N–H and O–H groups in total. The van der Waals surface area contributed by atoms with Crippen molar-refractivity contribution in [2.24, 2.45) is 0 Å². The van der Waals surface area contributed by atoms with Crippen molar-refractivity contribution < 1.29 is 19.1 Å². The van der Waals surface area contributed by atoms with Crippen LogP contribution in [-0.4, -0.2) is 36.4 Å². The molecule has 0 aromatic carbocycles. The lowest BCUT2D eigenvalue weighted by molar-refractivity contribution is -0.140. The average molecular weight is 249 g/mol. The monoisotopic (exact) mass is 248 g/mol. The van der Waals surface area contributed by atoms with E-state index in [9.17, 15) is 14.4 Å². The Morgan fingerprint density at radius 2 is 2.12 bits per heavy atom. The molecule has 0 radical (unpaired) electrons. The molecule has 0 aromatic rings. The maximum atomic E-state index is 11.1. The third-order valence-electron chi connectivity index (χ3n) is 2.12. The molecular formula is C9H13ClN2O4. The van der Waals surface area contributed by atoms with Crippen LogP contribution in [0.3, 0.4) is 0 Å². The topological polar surface area (TPSA) is 84.5 Å². The molecule has 0 spiro atoms. The highest BCUT2D eigenvalue weighted by Gasteiger charge is 2.28. The van der Waals surface area contributed by atoms with Crippen LogP contribution < -0.4 is 10.6 Å². The van der Waals surface area contributed by atoms with Gasteiger partial charge in [-0.15, -0.1) is 11.6 Å². The minimum absolute atomic E-state index is 0.152. The van der Waals surface area contributed by atoms with Crippen molar-refractivity contribution in [1.29, 1.82) is 0 Å². The number of rotatable bonds is 6. The Balaban J connectivity index is 2.05. The van der Waals surface area contributed by atoms with Gasteiger partial charge in [0.1, 0.15) is 11.9 Å². The van der Waals surface area contributed by atoms with Gasteiger partial charge in [-0.1, -0.05) is 0 Å². The molecule has 1 fully saturated rings. The second-order valence-corrected chi connectivity index (χ2v) is 3.63. The normalized spacial score (nSPS) is 19.2. The number of halogens is 1. The summed E-state index contributed by atoms with van der Waals surface area (Å²) in [5.74, 6) is -0.905. The van der Waals surface area contributed by atoms with Gasteiger partial charge in [-0.2, -0.15) is 0 Å². The number of carbonyl (C=O) groups is 3. The van der Waals surface area contributed by atoms with Crippen LogP contribution in [0.1, 0.15) is 19.3 Å². The molecule has 16 heavy (non-hydrogen) atoms. The molecule has 90 valence electrons. The Hall–Kier alpha value is -1.30. The summed E-state index contributed by atoms with van der Waals surface area (Å²) in [7, 11) is 0. The van der Waals surface area contributed by atoms with Crippen LogP contribution in [0.25, 0.3) is 0 Å². The van der Waals surface area contributed by atoms with Crippen LogP contribution in [0.4, 0.5) is 4.79 Å². The van der Waals surface area contributed by atoms with Crippen molar-refractivity contribution in [3.05, 3.63) is 0 Å². The number of hydrogen-bond donors (Lipinski definition) is 2. The van der Waals surface area contributed by atoms with E-state index in [0.29, 0.717) is 19.3 Å². The molecule has 1 unspecified atom stereocenters. The average Bonchev–Trinajstić information content (AvgIpc) is 2.56. The first kappa shape index (κ1) is 12.8. The third-order valence-corrected chi connectivity index (χ3v) is 2.34. The van der Waals surface area contributed by atoms with Crippen molar-refractivity contribution in [1.82, 2.24) is 10.6 Å². The number of hydrogen-bond acceptors (Lipinski definition) is 4. The van der Waals surface area contributed by atoms with Crippen LogP contribution in [0.15, 0.2) is 0 Å². The van der Waals surface area contributed by atoms with Gasteiger partial charge in [0.2, 0.25) is 0 Å². The summed E-state index contributed by atoms with van der Waals surface area (Å²) in [6.45, 7) is 0.286. The van der Waals surface area contributed by atoms with E-state index in [1.165, 1.54) is 0 Å². The lowest BCUT2D eigenvalue weighted by atomic mass is 10.1. The minimum Gasteiger partial charge on any atom is -0.465 e. The Kier molecular flexibility index (Phi) is 5.04. The second-order valence-electron chi connectivity index (χ2n) is 3.37. The maximum Gasteiger partial charge on any atom is 0.322 e. The number of ether oxygens (including phenoxy) is 1. The fraction of sp³-hybridized carbons (Fsp3) is 0.667. The van der Waals surface area contributed by atoms with Crippen molar-refractivity contribution in [2.75, 3.05) is 12.5 Å². The lowest BCUT2D eigenvalue weighted by Gasteiger charge is -2.06. The summed E-state index contributed by atoms with van der Waals surface area (Å²) < 4.78 is 4.75. The first-order chi connectivity index (χ1) is 7.63. The zero-order chi connectivity index (χ0) is 12.0. The lowest BCUT2D eigenvalue weighted by Crippen LogP contribution is -2.28. The van der Waals surface area contributed by atoms with E-state index < -0.39 is 18.0 Å². The Labute approximate surface area is 97.7 Å². The summed E-state index contributed by atoms with van der Waals surface area (Å²) in [5, 5.41) is 4.63. The van der Waals surface area contributed by atoms with Gasteiger partial charge in [-0.3, -0.25) is 14.9 Å². The fourth-order valence-electron chi connectivity index (χ4n) is 1.34. The molecular weight excluding hydrogens is 236 g/mol. The smallest absolute Gasteiger partial charge is 0.322 e. The number of nitrogens with one attached hydrogen (secondary N) is 2. The highest BCUT2D eigenvalue weighted by Crippen LogP contribution is 2.05. The second kappa shape index (κ2) is 6.32. The van der Waals surface area contributed by atoms with Crippen LogP contribution in [0.5, 0.6) is 0 Å². The van der Waals surface area contributed by atoms with E-state index in [1.54, 1.807) is 0 Å². The fourth-order valence-corrected chi connectivity index (χ4v) is 1.41. The highest BCUT2D eigenvalue weighted by molar-refractivity contribution is 6.26. The number of carbonyl (C=O) groups excluding carboxylic acids is 3. The van der Waals surface area contributed by atoms with Gasteiger partial charge in [0, 0.05) is 0 Å². The van der Waals surface area contributed by atoms with E-state index in [2.05, 4.69) is 10.6 Å². The van der Waals surface area contributed by atoms with Crippen molar-refractivity contribution in [3.63, 3.8) is 0 Å². The van der Waals surface area contributed by atoms with Crippen LogP contribution >= 0.6 is 11.6 Å². The van der Waals surface area contributed by atoms with E-state index in [-0.39, 0.29) is 18.4 Å². The Morgan fingerprint density at radius 1 is 1.38 bits per heavy atom. The molecule has 1 atom stereocenters. The highest BCUT2D eigenvalue weighted by atomic mass is 35.5. The van der Waals surface area contributed by atoms with Gasteiger partial charge in [-0.25, -0.2) is 4.79 Å². The number of amides is 3. The molecule has 7 heteroatoms. The minimum atomic E-state index is -0.462. The quantitative estimate of drug-likeness (QED) is 0.303. The van der Waals surface area contributed by atoms with E-state index in [1.807, 2.05) is 0 Å². The molecule has 1 rings (SSSR count). The van der Waals surface area contributed by atoms with Gasteiger partial charge < -0.3 is 10.1 Å². The third kappa shape index (κ3) is 4.06. The Bertz CT molecular complexity index is 295. The molecule has 0 bridgehead atoms. The van der Waals surface area contributed by atoms with Gasteiger partial charge in [-0.05, 0) is 19.3 Å². The molecule has 1 saturated heterocycles. The Morgan fingerprint density at radius 3 is 2.69 bits per heavy atom. The summed E-state index contributed by atoms with van der Waals surface area (Å²) in [4.78, 5) is 32.5. The largest absolute Gasteiger partial charge is 0.465 e. The molecule has 0 saturated carbocycles. The predicted octanol–water partition coefficient (Wildman–Crippen LogP) is 0.147. The van der Waals surface area contributed by atoms with E-state index in [4.69, 9.17) is 16.3 Å². The van der Waals surface area contributed by atoms with Crippen LogP contribution in [0, 0.1) is 0 Å². The summed E-state index contributed by atoms with van der Waals surface area (Å²) >= 11 is 5.23. The van der Waals surface area contributed by atoms with Crippen molar-refractivity contribution in [3.8, 4) is 0 Å². The molecule has 6 nitrogen and oxygen atoms in total. The first-order valence-electron chi connectivity index (χ1n) is 4.96. The zero-order valence-corrected chi connectivity index (χ0v) is 9.38. The number of imide groups is 1. The number of esters is 1. The van der Waals surface area contributed by atoms with Crippen LogP contribution in [0.2, 0.25) is 0 Å². The van der Waals surface area contributed by atoms with Gasteiger partial charge in [0.15, 0.2) is 0 Å². The molecule has 1 aliphatic rings. The first-order valence-corrected chi connectivity index (χ1v) is 5.50. The van der Waals surface area contributed by atoms with E-state index >= 15 is 0 Å². The number of urea groups is 1. The summed E-state index contributed by atoms with van der Waals surface area (Å²) in [5.41, 5.74) is 0. The molecule has 0 aromatic heterocycles. The van der Waals surface area contributed by atoms with Gasteiger partial charge in [0.25, 0.3) is 5.91 Å². The van der Waals surface area contributed by atoms with Crippen molar-refractivity contribution in [2.45, 2.75) is 25.3 Å². The SMILES string of the molecule is O=C1NC(=O)C(CCCCOC(=O)CCl)N1. The number of unbranched alkanes of at least 4 members (excludes halogenated alkanes) is 1. The van der Waals surface area contributed by atoms with Crippen LogP contribution in [-0.2, 0) is 14.3 Å². The zero-order valence-electron chi connectivity index (χ0n) is 8.62. The molecule has 3 amide bonds. The summed E-state index contributed by atoms with van der Waals surface area (Å²) in [6.07, 6.45) is 1.87. The molecule has 1 aliphatic heterocycles. The molecule has 0 aliphatic carbocycles.